The Morgan fingerprint density at radius 2 is 2.12 bits per heavy atom. The average molecular weight is 238 g/mol. The molecule has 0 unspecified atom stereocenters. The molecule has 17 heavy (non-hydrogen) atoms. The predicted molar refractivity (Wildman–Crippen MR) is 63.0 cm³/mol. The van der Waals surface area contributed by atoms with Gasteiger partial charge in [0.2, 0.25) is 0 Å². The zero-order chi connectivity index (χ0) is 12.7. The number of hydrogen-bond donors (Lipinski definition) is 0. The van der Waals surface area contributed by atoms with E-state index in [4.69, 9.17) is 9.47 Å². The number of rotatable bonds is 3. The third-order valence-corrected chi connectivity index (χ3v) is 2.54. The van der Waals surface area contributed by atoms with Gasteiger partial charge in [-0.05, 0) is 31.8 Å². The molecule has 0 heterocycles. The van der Waals surface area contributed by atoms with E-state index in [-0.39, 0.29) is 18.0 Å². The van der Waals surface area contributed by atoms with Gasteiger partial charge in [-0.3, -0.25) is 4.79 Å². The van der Waals surface area contributed by atoms with Gasteiger partial charge in [-0.2, -0.15) is 0 Å². The molecule has 0 aromatic rings. The molecule has 0 radical (unpaired) electrons. The minimum absolute atomic E-state index is 0.190. The van der Waals surface area contributed by atoms with Gasteiger partial charge in [-0.15, -0.1) is 0 Å². The van der Waals surface area contributed by atoms with E-state index in [0.717, 1.165) is 31.4 Å². The molecule has 0 atom stereocenters. The SMILES string of the molecule is C=CC(=O)OC1CCC1.CC(=O)OC1=CCC1. The summed E-state index contributed by atoms with van der Waals surface area (Å²) < 4.78 is 9.59. The Bertz CT molecular complexity index is 326. The second kappa shape index (κ2) is 6.89. The van der Waals surface area contributed by atoms with Crippen molar-refractivity contribution in [1.29, 1.82) is 0 Å². The van der Waals surface area contributed by atoms with Crippen molar-refractivity contribution in [2.75, 3.05) is 0 Å². The van der Waals surface area contributed by atoms with E-state index in [1.165, 1.54) is 19.4 Å². The molecule has 4 heteroatoms. The Kier molecular flexibility index (Phi) is 5.46. The van der Waals surface area contributed by atoms with E-state index in [9.17, 15) is 9.59 Å². The summed E-state index contributed by atoms with van der Waals surface area (Å²) in [7, 11) is 0. The lowest BCUT2D eigenvalue weighted by Crippen LogP contribution is -2.23. The van der Waals surface area contributed by atoms with Crippen molar-refractivity contribution in [1.82, 2.24) is 0 Å². The lowest BCUT2D eigenvalue weighted by molar-refractivity contribution is -0.146. The lowest BCUT2D eigenvalue weighted by atomic mass is 9.96. The molecular formula is C13H18O4. The molecule has 1 fully saturated rings. The fourth-order valence-electron chi connectivity index (χ4n) is 1.24. The van der Waals surface area contributed by atoms with Crippen LogP contribution in [0.5, 0.6) is 0 Å². The van der Waals surface area contributed by atoms with Crippen molar-refractivity contribution in [3.63, 3.8) is 0 Å². The smallest absolute Gasteiger partial charge is 0.330 e. The van der Waals surface area contributed by atoms with E-state index < -0.39 is 0 Å². The minimum atomic E-state index is -0.292. The first-order chi connectivity index (χ1) is 8.11. The molecule has 2 rings (SSSR count). The van der Waals surface area contributed by atoms with Crippen LogP contribution in [0.3, 0.4) is 0 Å². The Morgan fingerprint density at radius 1 is 1.47 bits per heavy atom. The van der Waals surface area contributed by atoms with Gasteiger partial charge < -0.3 is 9.47 Å². The van der Waals surface area contributed by atoms with Crippen molar-refractivity contribution in [2.24, 2.45) is 0 Å². The monoisotopic (exact) mass is 238 g/mol. The van der Waals surface area contributed by atoms with Gasteiger partial charge in [0.05, 0.1) is 0 Å². The molecule has 0 aromatic carbocycles. The summed E-state index contributed by atoms with van der Waals surface area (Å²) in [6.07, 6.45) is 8.55. The molecule has 1 saturated carbocycles. The summed E-state index contributed by atoms with van der Waals surface area (Å²) in [4.78, 5) is 20.7. The normalized spacial score (nSPS) is 17.4. The van der Waals surface area contributed by atoms with Crippen LogP contribution in [0.2, 0.25) is 0 Å². The second-order valence-corrected chi connectivity index (χ2v) is 4.00. The lowest BCUT2D eigenvalue weighted by Gasteiger charge is -2.24. The molecule has 0 spiro atoms. The molecule has 4 nitrogen and oxygen atoms in total. The van der Waals surface area contributed by atoms with Crippen molar-refractivity contribution >= 4 is 11.9 Å². The summed E-state index contributed by atoms with van der Waals surface area (Å²) in [6.45, 7) is 4.71. The first kappa shape index (κ1) is 13.5. The van der Waals surface area contributed by atoms with Crippen LogP contribution in [0.1, 0.15) is 39.0 Å². The Balaban J connectivity index is 0.000000171. The number of carbonyl (C=O) groups is 2. The van der Waals surface area contributed by atoms with E-state index in [2.05, 4.69) is 6.58 Å². The van der Waals surface area contributed by atoms with Crippen LogP contribution in [0.15, 0.2) is 24.5 Å². The zero-order valence-corrected chi connectivity index (χ0v) is 10.1. The molecule has 0 aliphatic heterocycles. The molecule has 2 aliphatic carbocycles. The fraction of sp³-hybridized carbons (Fsp3) is 0.538. The van der Waals surface area contributed by atoms with Gasteiger partial charge in [0, 0.05) is 19.4 Å². The Labute approximate surface area is 101 Å². The fourth-order valence-corrected chi connectivity index (χ4v) is 1.24. The number of allylic oxidation sites excluding steroid dienone is 2. The van der Waals surface area contributed by atoms with Gasteiger partial charge in [-0.25, -0.2) is 4.79 Å². The van der Waals surface area contributed by atoms with Gasteiger partial charge in [-0.1, -0.05) is 6.58 Å². The van der Waals surface area contributed by atoms with Gasteiger partial charge in [0.25, 0.3) is 0 Å². The number of ether oxygens (including phenoxy) is 2. The quantitative estimate of drug-likeness (QED) is 0.560. The first-order valence-electron chi connectivity index (χ1n) is 5.82. The van der Waals surface area contributed by atoms with E-state index in [1.54, 1.807) is 0 Å². The van der Waals surface area contributed by atoms with E-state index in [0.29, 0.717) is 0 Å². The first-order valence-corrected chi connectivity index (χ1v) is 5.82. The van der Waals surface area contributed by atoms with Crippen molar-refractivity contribution < 1.29 is 19.1 Å². The van der Waals surface area contributed by atoms with Crippen LogP contribution in [0.25, 0.3) is 0 Å². The van der Waals surface area contributed by atoms with Crippen LogP contribution in [0, 0.1) is 0 Å². The highest BCUT2D eigenvalue weighted by atomic mass is 16.5. The maximum atomic E-state index is 10.5. The average Bonchev–Trinajstić information content (AvgIpc) is 2.18. The molecule has 0 N–H and O–H groups in total. The molecule has 0 saturated heterocycles. The molecule has 0 aromatic heterocycles. The maximum Gasteiger partial charge on any atom is 0.330 e. The topological polar surface area (TPSA) is 52.6 Å². The van der Waals surface area contributed by atoms with Crippen molar-refractivity contribution in [2.45, 2.75) is 45.1 Å². The number of esters is 2. The van der Waals surface area contributed by atoms with Crippen LogP contribution in [-0.4, -0.2) is 18.0 Å². The summed E-state index contributed by atoms with van der Waals surface area (Å²) in [5, 5.41) is 0. The largest absolute Gasteiger partial charge is 0.459 e. The zero-order valence-electron chi connectivity index (χ0n) is 10.1. The van der Waals surface area contributed by atoms with E-state index in [1.807, 2.05) is 6.08 Å². The summed E-state index contributed by atoms with van der Waals surface area (Å²) >= 11 is 0. The Morgan fingerprint density at radius 3 is 2.35 bits per heavy atom. The molecule has 94 valence electrons. The number of carbonyl (C=O) groups excluding carboxylic acids is 2. The molecule has 0 bridgehead atoms. The molecule has 0 amide bonds. The second-order valence-electron chi connectivity index (χ2n) is 4.00. The summed E-state index contributed by atoms with van der Waals surface area (Å²) in [5.41, 5.74) is 0. The van der Waals surface area contributed by atoms with Gasteiger partial charge >= 0.3 is 11.9 Å². The minimum Gasteiger partial charge on any atom is -0.459 e. The highest BCUT2D eigenvalue weighted by molar-refractivity contribution is 5.81. The van der Waals surface area contributed by atoms with Crippen molar-refractivity contribution in [3.8, 4) is 0 Å². The maximum absolute atomic E-state index is 10.5. The van der Waals surface area contributed by atoms with Crippen LogP contribution in [0.4, 0.5) is 0 Å². The van der Waals surface area contributed by atoms with Crippen molar-refractivity contribution in [3.05, 3.63) is 24.5 Å². The predicted octanol–water partition coefficient (Wildman–Crippen LogP) is 2.50. The highest BCUT2D eigenvalue weighted by Crippen LogP contribution is 2.21. The van der Waals surface area contributed by atoms with Gasteiger partial charge in [0.1, 0.15) is 11.9 Å². The number of hydrogen-bond acceptors (Lipinski definition) is 4. The third-order valence-electron chi connectivity index (χ3n) is 2.54. The summed E-state index contributed by atoms with van der Waals surface area (Å²) in [5.74, 6) is 0.327. The molecule has 2 aliphatic rings. The van der Waals surface area contributed by atoms with E-state index >= 15 is 0 Å². The van der Waals surface area contributed by atoms with Crippen LogP contribution in [-0.2, 0) is 19.1 Å². The molecular weight excluding hydrogens is 220 g/mol. The van der Waals surface area contributed by atoms with Gasteiger partial charge in [0.15, 0.2) is 0 Å². The highest BCUT2D eigenvalue weighted by Gasteiger charge is 2.19. The third kappa shape index (κ3) is 5.33. The summed E-state index contributed by atoms with van der Waals surface area (Å²) in [6, 6.07) is 0. The Hall–Kier alpha value is -1.58. The standard InChI is InChI=1S/C7H10O2.C6H8O2/c1-2-7(8)9-6-4-3-5-6;1-5(7)8-6-3-2-4-6/h2,6H,1,3-5H2;3H,2,4H2,1H3. The van der Waals surface area contributed by atoms with Crippen LogP contribution >= 0.6 is 0 Å². The van der Waals surface area contributed by atoms with Crippen LogP contribution < -0.4 is 0 Å².